The SMILES string of the molecule is CCOC(=O)C(O)C(CCN)NC(=O)OC(C)(C)C. The van der Waals surface area contributed by atoms with Gasteiger partial charge in [-0.15, -0.1) is 0 Å². The fraction of sp³-hybridized carbons (Fsp3) is 0.833. The fourth-order valence-corrected chi connectivity index (χ4v) is 1.34. The van der Waals surface area contributed by atoms with Crippen molar-refractivity contribution in [2.75, 3.05) is 13.2 Å². The van der Waals surface area contributed by atoms with Gasteiger partial charge in [-0.3, -0.25) is 0 Å². The summed E-state index contributed by atoms with van der Waals surface area (Å²) in [5, 5.41) is 12.2. The smallest absolute Gasteiger partial charge is 0.407 e. The van der Waals surface area contributed by atoms with E-state index in [-0.39, 0.29) is 19.6 Å². The Morgan fingerprint density at radius 1 is 1.37 bits per heavy atom. The quantitative estimate of drug-likeness (QED) is 0.596. The Morgan fingerprint density at radius 3 is 2.37 bits per heavy atom. The van der Waals surface area contributed by atoms with Crippen LogP contribution in [0.2, 0.25) is 0 Å². The number of aliphatic hydroxyl groups excluding tert-OH is 1. The molecule has 7 nitrogen and oxygen atoms in total. The van der Waals surface area contributed by atoms with E-state index in [0.717, 1.165) is 0 Å². The summed E-state index contributed by atoms with van der Waals surface area (Å²) < 4.78 is 9.74. The highest BCUT2D eigenvalue weighted by atomic mass is 16.6. The first-order chi connectivity index (χ1) is 8.71. The van der Waals surface area contributed by atoms with Gasteiger partial charge in [0.25, 0.3) is 0 Å². The maximum absolute atomic E-state index is 11.6. The third-order valence-electron chi connectivity index (χ3n) is 2.09. The molecule has 0 rings (SSSR count). The number of ether oxygens (including phenoxy) is 2. The third-order valence-corrected chi connectivity index (χ3v) is 2.09. The first-order valence-electron chi connectivity index (χ1n) is 6.25. The van der Waals surface area contributed by atoms with Gasteiger partial charge in [-0.25, -0.2) is 9.59 Å². The number of esters is 1. The van der Waals surface area contributed by atoms with Gasteiger partial charge >= 0.3 is 12.1 Å². The van der Waals surface area contributed by atoms with Crippen molar-refractivity contribution in [1.82, 2.24) is 5.32 Å². The molecule has 2 atom stereocenters. The monoisotopic (exact) mass is 276 g/mol. The van der Waals surface area contributed by atoms with Crippen LogP contribution in [0.4, 0.5) is 4.79 Å². The maximum Gasteiger partial charge on any atom is 0.407 e. The molecule has 0 aliphatic heterocycles. The van der Waals surface area contributed by atoms with Crippen molar-refractivity contribution in [2.45, 2.75) is 51.9 Å². The predicted molar refractivity (Wildman–Crippen MR) is 69.5 cm³/mol. The molecule has 0 heterocycles. The van der Waals surface area contributed by atoms with Gasteiger partial charge in [0.15, 0.2) is 6.10 Å². The molecule has 0 radical (unpaired) electrons. The summed E-state index contributed by atoms with van der Waals surface area (Å²) >= 11 is 0. The number of alkyl carbamates (subject to hydrolysis) is 1. The van der Waals surface area contributed by atoms with E-state index in [2.05, 4.69) is 5.32 Å². The molecule has 112 valence electrons. The van der Waals surface area contributed by atoms with Crippen molar-refractivity contribution in [2.24, 2.45) is 5.73 Å². The van der Waals surface area contributed by atoms with E-state index in [1.807, 2.05) is 0 Å². The summed E-state index contributed by atoms with van der Waals surface area (Å²) in [7, 11) is 0. The molecule has 0 saturated heterocycles. The summed E-state index contributed by atoms with van der Waals surface area (Å²) in [6.45, 7) is 7.13. The number of aliphatic hydroxyl groups is 1. The van der Waals surface area contributed by atoms with Crippen molar-refractivity contribution < 1.29 is 24.2 Å². The van der Waals surface area contributed by atoms with Gasteiger partial charge in [-0.1, -0.05) is 0 Å². The minimum Gasteiger partial charge on any atom is -0.464 e. The van der Waals surface area contributed by atoms with Crippen LogP contribution in [-0.4, -0.2) is 48.1 Å². The van der Waals surface area contributed by atoms with Gasteiger partial charge in [0.1, 0.15) is 5.60 Å². The van der Waals surface area contributed by atoms with E-state index in [0.29, 0.717) is 0 Å². The number of carbonyl (C=O) groups is 2. The largest absolute Gasteiger partial charge is 0.464 e. The Kier molecular flexibility index (Phi) is 7.40. The minimum absolute atomic E-state index is 0.150. The zero-order chi connectivity index (χ0) is 15.1. The van der Waals surface area contributed by atoms with Crippen LogP contribution in [0.25, 0.3) is 0 Å². The zero-order valence-corrected chi connectivity index (χ0v) is 11.9. The molecule has 0 aliphatic rings. The van der Waals surface area contributed by atoms with Crippen molar-refractivity contribution in [3.63, 3.8) is 0 Å². The second-order valence-corrected chi connectivity index (χ2v) is 5.03. The summed E-state index contributed by atoms with van der Waals surface area (Å²) in [6.07, 6.45) is -1.94. The van der Waals surface area contributed by atoms with Crippen LogP contribution < -0.4 is 11.1 Å². The van der Waals surface area contributed by atoms with E-state index >= 15 is 0 Å². The van der Waals surface area contributed by atoms with Crippen LogP contribution in [0.3, 0.4) is 0 Å². The van der Waals surface area contributed by atoms with Gasteiger partial charge in [-0.2, -0.15) is 0 Å². The highest BCUT2D eigenvalue weighted by Gasteiger charge is 2.29. The van der Waals surface area contributed by atoms with Crippen molar-refractivity contribution in [3.05, 3.63) is 0 Å². The van der Waals surface area contributed by atoms with Crippen LogP contribution in [0.15, 0.2) is 0 Å². The number of nitrogens with two attached hydrogens (primary N) is 1. The van der Waals surface area contributed by atoms with Gasteiger partial charge in [0, 0.05) is 0 Å². The van der Waals surface area contributed by atoms with Crippen molar-refractivity contribution >= 4 is 12.1 Å². The van der Waals surface area contributed by atoms with Crippen LogP contribution in [0.1, 0.15) is 34.1 Å². The number of nitrogens with one attached hydrogen (secondary N) is 1. The van der Waals surface area contributed by atoms with E-state index < -0.39 is 29.8 Å². The fourth-order valence-electron chi connectivity index (χ4n) is 1.34. The normalized spacial score (nSPS) is 14.4. The van der Waals surface area contributed by atoms with Crippen molar-refractivity contribution in [3.8, 4) is 0 Å². The number of carbonyl (C=O) groups excluding carboxylic acids is 2. The number of hydrogen-bond acceptors (Lipinski definition) is 6. The molecule has 0 aliphatic carbocycles. The second kappa shape index (κ2) is 7.96. The van der Waals surface area contributed by atoms with Crippen molar-refractivity contribution in [1.29, 1.82) is 0 Å². The predicted octanol–water partition coefficient (Wildman–Crippen LogP) is 0.153. The molecule has 4 N–H and O–H groups in total. The first-order valence-corrected chi connectivity index (χ1v) is 6.25. The van der Waals surface area contributed by atoms with E-state index in [4.69, 9.17) is 15.2 Å². The first kappa shape index (κ1) is 17.7. The molecular weight excluding hydrogens is 252 g/mol. The number of amides is 1. The van der Waals surface area contributed by atoms with Gasteiger partial charge in [0.2, 0.25) is 0 Å². The minimum atomic E-state index is -1.46. The molecule has 1 amide bonds. The lowest BCUT2D eigenvalue weighted by Gasteiger charge is -2.25. The van der Waals surface area contributed by atoms with E-state index in [1.165, 1.54) is 0 Å². The average Bonchev–Trinajstić information content (AvgIpc) is 2.25. The lowest BCUT2D eigenvalue weighted by molar-refractivity contribution is -0.154. The maximum atomic E-state index is 11.6. The summed E-state index contributed by atoms with van der Waals surface area (Å²) in [5.74, 6) is -0.794. The van der Waals surface area contributed by atoms with Crippen LogP contribution >= 0.6 is 0 Å². The Hall–Kier alpha value is -1.34. The highest BCUT2D eigenvalue weighted by molar-refractivity contribution is 5.77. The molecule has 0 saturated carbocycles. The summed E-state index contributed by atoms with van der Waals surface area (Å²) in [6, 6.07) is -0.834. The Labute approximate surface area is 113 Å². The molecule has 0 spiro atoms. The van der Waals surface area contributed by atoms with Crippen LogP contribution in [0, 0.1) is 0 Å². The van der Waals surface area contributed by atoms with Crippen LogP contribution in [0.5, 0.6) is 0 Å². The topological polar surface area (TPSA) is 111 Å². The molecular formula is C12H24N2O5. The summed E-state index contributed by atoms with van der Waals surface area (Å²) in [5.41, 5.74) is 4.73. The number of rotatable bonds is 6. The van der Waals surface area contributed by atoms with Gasteiger partial charge in [-0.05, 0) is 40.7 Å². The molecule has 2 unspecified atom stereocenters. The highest BCUT2D eigenvalue weighted by Crippen LogP contribution is 2.08. The van der Waals surface area contributed by atoms with E-state index in [1.54, 1.807) is 27.7 Å². The molecule has 0 bridgehead atoms. The lowest BCUT2D eigenvalue weighted by Crippen LogP contribution is -2.49. The average molecular weight is 276 g/mol. The van der Waals surface area contributed by atoms with E-state index in [9.17, 15) is 14.7 Å². The number of hydrogen-bond donors (Lipinski definition) is 3. The second-order valence-electron chi connectivity index (χ2n) is 5.03. The standard InChI is InChI=1S/C12H24N2O5/c1-5-18-10(16)9(15)8(6-7-13)14-11(17)19-12(2,3)4/h8-9,15H,5-7,13H2,1-4H3,(H,14,17). The van der Waals surface area contributed by atoms with Crippen LogP contribution in [-0.2, 0) is 14.3 Å². The molecule has 0 aromatic heterocycles. The Balaban J connectivity index is 4.55. The van der Waals surface area contributed by atoms with Gasteiger partial charge in [0.05, 0.1) is 12.6 Å². The molecule has 0 aromatic carbocycles. The Bertz CT molecular complexity index is 301. The van der Waals surface area contributed by atoms with Gasteiger partial charge < -0.3 is 25.6 Å². The molecule has 19 heavy (non-hydrogen) atoms. The molecule has 0 aromatic rings. The Morgan fingerprint density at radius 2 is 1.95 bits per heavy atom. The molecule has 0 fully saturated rings. The zero-order valence-electron chi connectivity index (χ0n) is 11.9. The molecule has 7 heteroatoms. The third kappa shape index (κ3) is 7.63. The lowest BCUT2D eigenvalue weighted by atomic mass is 10.1. The summed E-state index contributed by atoms with van der Waals surface area (Å²) in [4.78, 5) is 23.0.